The zero-order valence-corrected chi connectivity index (χ0v) is 13.1. The van der Waals surface area contributed by atoms with E-state index in [9.17, 15) is 4.79 Å². The lowest BCUT2D eigenvalue weighted by molar-refractivity contribution is -0.131. The van der Waals surface area contributed by atoms with Crippen molar-refractivity contribution in [2.24, 2.45) is 0 Å². The minimum atomic E-state index is -0.453. The first-order valence-electron chi connectivity index (χ1n) is 7.21. The number of rotatable bonds is 8. The number of nitrogens with one attached hydrogen (secondary N) is 1. The number of nitrogen functional groups attached to an aromatic ring is 1. The molecule has 1 atom stereocenters. The van der Waals surface area contributed by atoms with Crippen molar-refractivity contribution < 1.29 is 9.53 Å². The maximum absolute atomic E-state index is 12.2. The second-order valence-electron chi connectivity index (χ2n) is 4.52. The number of hydrogen-bond donors (Lipinski definition) is 2. The lowest BCUT2D eigenvalue weighted by Crippen LogP contribution is -2.41. The molecule has 1 aromatic rings. The van der Waals surface area contributed by atoms with Gasteiger partial charge in [-0.2, -0.15) is 15.0 Å². The number of amides is 1. The number of aromatic nitrogens is 3. The summed E-state index contributed by atoms with van der Waals surface area (Å²) in [6, 6.07) is -0.292. The van der Waals surface area contributed by atoms with Crippen molar-refractivity contribution in [1.29, 1.82) is 0 Å². The van der Waals surface area contributed by atoms with Crippen LogP contribution in [-0.2, 0) is 4.79 Å². The predicted molar refractivity (Wildman–Crippen MR) is 81.0 cm³/mol. The standard InChI is InChI=1S/C13H24N6O2/c1-5-8-21-13-17-11(14)16-12(18-13)15-9(4)10(20)19(6-2)7-3/h9H,5-8H2,1-4H3,(H3,14,15,16,17,18). The molecule has 3 N–H and O–H groups in total. The molecule has 118 valence electrons. The molecular formula is C13H24N6O2. The van der Waals surface area contributed by atoms with Gasteiger partial charge in [-0.1, -0.05) is 6.92 Å². The Morgan fingerprint density at radius 2 is 1.95 bits per heavy atom. The van der Waals surface area contributed by atoms with Gasteiger partial charge in [0.25, 0.3) is 0 Å². The fraction of sp³-hybridized carbons (Fsp3) is 0.692. The van der Waals surface area contributed by atoms with Crippen molar-refractivity contribution in [1.82, 2.24) is 19.9 Å². The lowest BCUT2D eigenvalue weighted by atomic mass is 10.3. The van der Waals surface area contributed by atoms with Crippen LogP contribution in [0, 0.1) is 0 Å². The normalized spacial score (nSPS) is 11.8. The minimum absolute atomic E-state index is 0.0185. The molecule has 1 unspecified atom stereocenters. The number of nitrogens with two attached hydrogens (primary N) is 1. The van der Waals surface area contributed by atoms with E-state index in [1.807, 2.05) is 20.8 Å². The summed E-state index contributed by atoms with van der Waals surface area (Å²) >= 11 is 0. The Morgan fingerprint density at radius 3 is 2.52 bits per heavy atom. The van der Waals surface area contributed by atoms with Gasteiger partial charge in [-0.05, 0) is 27.2 Å². The van der Waals surface area contributed by atoms with Gasteiger partial charge in [0, 0.05) is 13.1 Å². The zero-order valence-electron chi connectivity index (χ0n) is 13.1. The molecule has 0 saturated heterocycles. The second-order valence-corrected chi connectivity index (χ2v) is 4.52. The van der Waals surface area contributed by atoms with Crippen LogP contribution in [0.2, 0.25) is 0 Å². The third-order valence-electron chi connectivity index (χ3n) is 2.86. The molecule has 0 saturated carbocycles. The van der Waals surface area contributed by atoms with Crippen molar-refractivity contribution in [3.05, 3.63) is 0 Å². The molecule has 21 heavy (non-hydrogen) atoms. The first-order valence-corrected chi connectivity index (χ1v) is 7.21. The maximum atomic E-state index is 12.2. The smallest absolute Gasteiger partial charge is 0.323 e. The fourth-order valence-electron chi connectivity index (χ4n) is 1.76. The average Bonchev–Trinajstić information content (AvgIpc) is 2.45. The van der Waals surface area contributed by atoms with E-state index in [1.165, 1.54) is 0 Å². The molecular weight excluding hydrogens is 272 g/mol. The molecule has 0 aliphatic carbocycles. The Bertz CT molecular complexity index is 464. The van der Waals surface area contributed by atoms with Crippen molar-refractivity contribution in [2.45, 2.75) is 40.2 Å². The summed E-state index contributed by atoms with van der Waals surface area (Å²) in [6.07, 6.45) is 0.838. The van der Waals surface area contributed by atoms with Crippen molar-refractivity contribution in [2.75, 3.05) is 30.7 Å². The van der Waals surface area contributed by atoms with Crippen LogP contribution in [0.25, 0.3) is 0 Å². The molecule has 1 amide bonds. The van der Waals surface area contributed by atoms with E-state index in [0.29, 0.717) is 19.7 Å². The molecule has 1 rings (SSSR count). The van der Waals surface area contributed by atoms with Crippen molar-refractivity contribution in [3.8, 4) is 6.01 Å². The Hall–Kier alpha value is -2.12. The van der Waals surface area contributed by atoms with Crippen LogP contribution in [0.3, 0.4) is 0 Å². The highest BCUT2D eigenvalue weighted by Gasteiger charge is 2.19. The number of hydrogen-bond acceptors (Lipinski definition) is 7. The predicted octanol–water partition coefficient (Wildman–Crippen LogP) is 0.911. The minimum Gasteiger partial charge on any atom is -0.463 e. The second kappa shape index (κ2) is 8.23. The number of nitrogens with zero attached hydrogens (tertiary/aromatic N) is 4. The van der Waals surface area contributed by atoms with E-state index >= 15 is 0 Å². The van der Waals surface area contributed by atoms with Gasteiger partial charge in [0.15, 0.2) is 0 Å². The monoisotopic (exact) mass is 296 g/mol. The average molecular weight is 296 g/mol. The van der Waals surface area contributed by atoms with Gasteiger partial charge in [0.1, 0.15) is 6.04 Å². The molecule has 0 spiro atoms. The summed E-state index contributed by atoms with van der Waals surface area (Å²) in [6.45, 7) is 9.42. The highest BCUT2D eigenvalue weighted by Crippen LogP contribution is 2.11. The molecule has 0 aromatic carbocycles. The Kier molecular flexibility index (Phi) is 6.64. The summed E-state index contributed by atoms with van der Waals surface area (Å²) in [7, 11) is 0. The summed E-state index contributed by atoms with van der Waals surface area (Å²) in [5.74, 6) is 0.276. The molecule has 1 heterocycles. The fourth-order valence-corrected chi connectivity index (χ4v) is 1.76. The number of carbonyl (C=O) groups excluding carboxylic acids is 1. The van der Waals surface area contributed by atoms with Crippen molar-refractivity contribution >= 4 is 17.8 Å². The van der Waals surface area contributed by atoms with Crippen LogP contribution < -0.4 is 15.8 Å². The molecule has 0 bridgehead atoms. The molecule has 1 aromatic heterocycles. The first-order chi connectivity index (χ1) is 10.0. The van der Waals surface area contributed by atoms with Crippen LogP contribution in [-0.4, -0.2) is 51.5 Å². The van der Waals surface area contributed by atoms with Gasteiger partial charge in [-0.15, -0.1) is 0 Å². The lowest BCUT2D eigenvalue weighted by Gasteiger charge is -2.23. The molecule has 8 heteroatoms. The van der Waals surface area contributed by atoms with Crippen LogP contribution in [0.5, 0.6) is 6.01 Å². The topological polar surface area (TPSA) is 106 Å². The summed E-state index contributed by atoms with van der Waals surface area (Å²) in [5, 5.41) is 2.93. The highest BCUT2D eigenvalue weighted by molar-refractivity contribution is 5.83. The third-order valence-corrected chi connectivity index (χ3v) is 2.86. The molecule has 8 nitrogen and oxygen atoms in total. The van der Waals surface area contributed by atoms with Gasteiger partial charge < -0.3 is 20.7 Å². The number of likely N-dealkylation sites (N-methyl/N-ethyl adjacent to an activating group) is 1. The van der Waals surface area contributed by atoms with Gasteiger partial charge in [-0.3, -0.25) is 4.79 Å². The van der Waals surface area contributed by atoms with Crippen LogP contribution in [0.1, 0.15) is 34.1 Å². The van der Waals surface area contributed by atoms with Crippen LogP contribution >= 0.6 is 0 Å². The Balaban J connectivity index is 2.77. The van der Waals surface area contributed by atoms with E-state index in [0.717, 1.165) is 6.42 Å². The van der Waals surface area contributed by atoms with Crippen molar-refractivity contribution in [3.63, 3.8) is 0 Å². The van der Waals surface area contributed by atoms with E-state index in [1.54, 1.807) is 11.8 Å². The van der Waals surface area contributed by atoms with E-state index in [-0.39, 0.29) is 23.8 Å². The van der Waals surface area contributed by atoms with Gasteiger partial charge in [0.2, 0.25) is 17.8 Å². The summed E-state index contributed by atoms with van der Waals surface area (Å²) in [5.41, 5.74) is 5.62. The van der Waals surface area contributed by atoms with Gasteiger partial charge in [-0.25, -0.2) is 0 Å². The summed E-state index contributed by atoms with van der Waals surface area (Å²) < 4.78 is 5.33. The number of ether oxygens (including phenoxy) is 1. The Morgan fingerprint density at radius 1 is 1.29 bits per heavy atom. The SMILES string of the molecule is CCCOc1nc(N)nc(NC(C)C(=O)N(CC)CC)n1. The zero-order chi connectivity index (χ0) is 15.8. The quantitative estimate of drug-likeness (QED) is 0.734. The number of carbonyl (C=O) groups is 1. The highest BCUT2D eigenvalue weighted by atomic mass is 16.5. The molecule has 0 aliphatic heterocycles. The molecule has 0 aliphatic rings. The van der Waals surface area contributed by atoms with Gasteiger partial charge in [0.05, 0.1) is 6.61 Å². The third kappa shape index (κ3) is 5.05. The number of anilines is 2. The van der Waals surface area contributed by atoms with E-state index < -0.39 is 6.04 Å². The maximum Gasteiger partial charge on any atom is 0.323 e. The molecule has 0 fully saturated rings. The van der Waals surface area contributed by atoms with E-state index in [4.69, 9.17) is 10.5 Å². The molecule has 0 radical (unpaired) electrons. The Labute approximate surface area is 125 Å². The van der Waals surface area contributed by atoms with Crippen LogP contribution in [0.15, 0.2) is 0 Å². The van der Waals surface area contributed by atoms with E-state index in [2.05, 4.69) is 20.3 Å². The van der Waals surface area contributed by atoms with Gasteiger partial charge >= 0.3 is 6.01 Å². The summed E-state index contributed by atoms with van der Waals surface area (Å²) in [4.78, 5) is 25.9. The largest absolute Gasteiger partial charge is 0.463 e. The first kappa shape index (κ1) is 16.9. The van der Waals surface area contributed by atoms with Crippen LogP contribution in [0.4, 0.5) is 11.9 Å².